The predicted octanol–water partition coefficient (Wildman–Crippen LogP) is 15.3. The van der Waals surface area contributed by atoms with E-state index in [1.165, 1.54) is 0 Å². The van der Waals surface area contributed by atoms with Crippen LogP contribution in [-0.4, -0.2) is 119 Å². The summed E-state index contributed by atoms with van der Waals surface area (Å²) < 4.78 is 116. The fourth-order valence-corrected chi connectivity index (χ4v) is 13.4. The van der Waals surface area contributed by atoms with Crippen LogP contribution in [0.4, 0.5) is 0 Å². The molecule has 3 fully saturated rings. The van der Waals surface area contributed by atoms with Crippen molar-refractivity contribution in [3.8, 4) is 0 Å². The van der Waals surface area contributed by atoms with Crippen LogP contribution in [0.3, 0.4) is 0 Å². The van der Waals surface area contributed by atoms with Gasteiger partial charge in [0, 0.05) is 7.11 Å². The second-order valence-electron chi connectivity index (χ2n) is 26.4. The van der Waals surface area contributed by atoms with Gasteiger partial charge in [0.1, 0.15) is 73.2 Å². The van der Waals surface area contributed by atoms with Gasteiger partial charge < -0.3 is 75.8 Å². The molecule has 3 heterocycles. The lowest BCUT2D eigenvalue weighted by Gasteiger charge is -2.52. The molecule has 0 aromatic heterocycles. The molecule has 105 heavy (non-hydrogen) atoms. The summed E-state index contributed by atoms with van der Waals surface area (Å²) in [5.74, 6) is 0. The highest BCUT2D eigenvalue weighted by atomic mass is 16.8. The highest BCUT2D eigenvalue weighted by Gasteiger charge is 2.58. The minimum absolute atomic E-state index is 0.0355. The van der Waals surface area contributed by atoms with Crippen LogP contribution in [0.5, 0.6) is 0 Å². The first-order valence-corrected chi connectivity index (χ1v) is 36.3. The Hall–Kier alpha value is -8.44. The zero-order valence-electron chi connectivity index (χ0n) is 59.3. The molecule has 0 saturated carbocycles. The maximum atomic E-state index is 7.97. The number of ether oxygens (including phenoxy) is 16. The molecule has 3 saturated heterocycles. The van der Waals surface area contributed by atoms with Crippen molar-refractivity contribution in [3.05, 3.63) is 359 Å². The van der Waals surface area contributed by atoms with Crippen LogP contribution >= 0.6 is 0 Å². The van der Waals surface area contributed by atoms with Gasteiger partial charge >= 0.3 is 0 Å². The largest absolute Gasteiger partial charge is 0.374 e. The van der Waals surface area contributed by atoms with Gasteiger partial charge in [-0.15, -0.1) is 0 Å². The van der Waals surface area contributed by atoms with E-state index in [1.807, 2.05) is 303 Å². The summed E-state index contributed by atoms with van der Waals surface area (Å²) in [6.07, 6.45) is -15.1. The highest BCUT2D eigenvalue weighted by Crippen LogP contribution is 2.40. The molecule has 0 amide bonds. The van der Waals surface area contributed by atoms with Gasteiger partial charge in [-0.2, -0.15) is 0 Å². The zero-order chi connectivity index (χ0) is 71.3. The lowest BCUT2D eigenvalue weighted by Crippen LogP contribution is -2.68. The summed E-state index contributed by atoms with van der Waals surface area (Å²) in [5, 5.41) is 0. The molecule has 3 aliphatic rings. The van der Waals surface area contributed by atoms with Gasteiger partial charge in [-0.05, 0) is 55.6 Å². The van der Waals surface area contributed by atoms with Crippen molar-refractivity contribution >= 4 is 0 Å². The van der Waals surface area contributed by atoms with Crippen molar-refractivity contribution < 1.29 is 75.8 Å². The van der Waals surface area contributed by atoms with Crippen LogP contribution in [0.25, 0.3) is 0 Å². The van der Waals surface area contributed by atoms with Crippen molar-refractivity contribution in [3.63, 3.8) is 0 Å². The Kier molecular flexibility index (Phi) is 28.7. The minimum Gasteiger partial charge on any atom is -0.374 e. The fourth-order valence-electron chi connectivity index (χ4n) is 13.4. The molecule has 0 bridgehead atoms. The number of benzene rings is 10. The van der Waals surface area contributed by atoms with Crippen LogP contribution in [0.1, 0.15) is 55.6 Å². The molecule has 0 radical (unpaired) electrons. The Morgan fingerprint density at radius 3 is 0.629 bits per heavy atom. The Morgan fingerprint density at radius 1 is 0.200 bits per heavy atom. The molecule has 15 atom stereocenters. The summed E-state index contributed by atoms with van der Waals surface area (Å²) in [7, 11) is 1.58. The van der Waals surface area contributed by atoms with Crippen molar-refractivity contribution in [1.29, 1.82) is 0 Å². The summed E-state index contributed by atoms with van der Waals surface area (Å²) in [6.45, 7) is 2.23. The molecular weight excluding hydrogens is 1320 g/mol. The van der Waals surface area contributed by atoms with Gasteiger partial charge in [0.15, 0.2) is 18.9 Å². The molecule has 10 aromatic carbocycles. The average Bonchev–Trinajstić information content (AvgIpc) is 0.763. The summed E-state index contributed by atoms with van der Waals surface area (Å²) in [6, 6.07) is 100. The molecule has 546 valence electrons. The van der Waals surface area contributed by atoms with Crippen molar-refractivity contribution in [2.24, 2.45) is 0 Å². The second kappa shape index (κ2) is 40.3. The Labute approximate surface area is 616 Å². The second-order valence-corrected chi connectivity index (χ2v) is 26.4. The van der Waals surface area contributed by atoms with Crippen LogP contribution in [0.15, 0.2) is 303 Å². The van der Waals surface area contributed by atoms with E-state index in [0.29, 0.717) is 0 Å². The van der Waals surface area contributed by atoms with Crippen molar-refractivity contribution in [1.82, 2.24) is 0 Å². The number of hydrogen-bond donors (Lipinski definition) is 0. The van der Waals surface area contributed by atoms with Gasteiger partial charge in [-0.1, -0.05) is 303 Å². The fraction of sp³-hybridized carbons (Fsp3) is 0.326. The average molecular weight is 1420 g/mol. The van der Waals surface area contributed by atoms with E-state index in [1.54, 1.807) is 7.11 Å². The molecule has 3 aliphatic heterocycles. The third-order valence-corrected chi connectivity index (χ3v) is 18.8. The third kappa shape index (κ3) is 22.1. The topological polar surface area (TPSA) is 148 Å². The third-order valence-electron chi connectivity index (χ3n) is 18.8. The Bertz CT molecular complexity index is 3980. The highest BCUT2D eigenvalue weighted by molar-refractivity contribution is 5.21. The molecule has 13 rings (SSSR count). The smallest absolute Gasteiger partial charge is 0.187 e. The molecular formula is C89H94O16. The maximum absolute atomic E-state index is 7.97. The van der Waals surface area contributed by atoms with Crippen LogP contribution in [0.2, 0.25) is 0 Å². The quantitative estimate of drug-likeness (QED) is 0.0361. The maximum Gasteiger partial charge on any atom is 0.187 e. The summed E-state index contributed by atoms with van der Waals surface area (Å²) in [4.78, 5) is 0. The van der Waals surface area contributed by atoms with Gasteiger partial charge in [0.25, 0.3) is 0 Å². The molecule has 10 aromatic rings. The standard InChI is InChI=1S/C89H94O16/c1-90-87-86(105-89-85(100-61-74-50-30-11-31-51-74)82(98-59-72-46-26-9-27-47-72)79(95-56-69-40-20-6-21-41-69)76(103-89)63-92-53-66-34-14-3-15-35-66)83(80(96-57-70-42-22-7-23-43-70)77(101-87)64-93-54-67-36-16-4-17-37-67)104-88-84(99-60-73-48-28-10-29-49-73)81(97-58-71-44-24-8-25-45-71)78(94-55-68-38-18-5-19-39-68)75(102-88)62-91-52-65-32-12-2-13-33-65/h2-51,75-89H,52-64H2,1H3/t75-,76-,77-,78+,79+,80-,81+,82+,83+,84-,85-,86+,87+,88-,89+/m1/s1. The lowest BCUT2D eigenvalue weighted by atomic mass is 9.95. The summed E-state index contributed by atoms with van der Waals surface area (Å²) in [5.41, 5.74) is 9.45. The monoisotopic (exact) mass is 1420 g/mol. The molecule has 16 heteroatoms. The van der Waals surface area contributed by atoms with E-state index >= 15 is 0 Å². The van der Waals surface area contributed by atoms with Crippen LogP contribution in [0, 0.1) is 0 Å². The molecule has 16 nitrogen and oxygen atoms in total. The van der Waals surface area contributed by atoms with Gasteiger partial charge in [0.05, 0.1) is 85.9 Å². The molecule has 0 spiro atoms. The number of rotatable bonds is 38. The van der Waals surface area contributed by atoms with E-state index < -0.39 is 92.1 Å². The first kappa shape index (κ1) is 74.8. The first-order chi connectivity index (χ1) is 52.0. The molecule has 0 unspecified atom stereocenters. The summed E-state index contributed by atoms with van der Waals surface area (Å²) >= 11 is 0. The van der Waals surface area contributed by atoms with E-state index in [4.69, 9.17) is 75.8 Å². The molecule has 0 aliphatic carbocycles. The van der Waals surface area contributed by atoms with Gasteiger partial charge in [0.2, 0.25) is 0 Å². The van der Waals surface area contributed by atoms with E-state index in [9.17, 15) is 0 Å². The van der Waals surface area contributed by atoms with Crippen LogP contribution in [-0.2, 0) is 142 Å². The van der Waals surface area contributed by atoms with Gasteiger partial charge in [-0.3, -0.25) is 0 Å². The van der Waals surface area contributed by atoms with E-state index in [2.05, 4.69) is 0 Å². The van der Waals surface area contributed by atoms with E-state index in [0.717, 1.165) is 55.6 Å². The Balaban J connectivity index is 0.940. The van der Waals surface area contributed by atoms with E-state index in [-0.39, 0.29) is 85.9 Å². The van der Waals surface area contributed by atoms with Gasteiger partial charge in [-0.25, -0.2) is 0 Å². The Morgan fingerprint density at radius 2 is 0.390 bits per heavy atom. The first-order valence-electron chi connectivity index (χ1n) is 36.3. The van der Waals surface area contributed by atoms with Crippen LogP contribution < -0.4 is 0 Å². The molecule has 0 N–H and O–H groups in total. The van der Waals surface area contributed by atoms with Crippen molar-refractivity contribution in [2.75, 3.05) is 26.9 Å². The zero-order valence-corrected chi connectivity index (χ0v) is 59.3. The predicted molar refractivity (Wildman–Crippen MR) is 396 cm³/mol. The SMILES string of the molecule is CO[C@H]1O[C@H](COCc2ccccc2)[C@@H](OCc2ccccc2)[C@H](O[C@H]2O[C@H](COCc3ccccc3)[C@H](OCc3ccccc3)[C@H](OCc3ccccc3)[C@H]2OCc2ccccc2)[C@@H]1O[C@@H]1O[C@H](COCc2ccccc2)[C@H](OCc2ccccc2)[C@H](OCc2ccccc2)[C@H]1OCc1ccccc1. The number of hydrogen-bond acceptors (Lipinski definition) is 16. The normalized spacial score (nSPS) is 24.6. The minimum atomic E-state index is -1.29. The lowest BCUT2D eigenvalue weighted by molar-refractivity contribution is -0.402. The number of methoxy groups -OCH3 is 1. The van der Waals surface area contributed by atoms with Crippen molar-refractivity contribution in [2.45, 2.75) is 158 Å².